The van der Waals surface area contributed by atoms with Crippen molar-refractivity contribution in [3.63, 3.8) is 0 Å². The fourth-order valence-electron chi connectivity index (χ4n) is 8.98. The molecule has 0 aromatic heterocycles. The summed E-state index contributed by atoms with van der Waals surface area (Å²) in [5.74, 6) is 1.95. The normalized spacial score (nSPS) is 30.5. The number of carboxylic acid groups (broad SMARTS) is 1. The fraction of sp³-hybridized carbons (Fsp3) is 0.800. The average Bonchev–Trinajstić information content (AvgIpc) is 3.31. The summed E-state index contributed by atoms with van der Waals surface area (Å²) in [5, 5.41) is 29.7. The zero-order chi connectivity index (χ0) is 30.9. The van der Waals surface area contributed by atoms with Crippen LogP contribution in [0.5, 0.6) is 5.75 Å². The van der Waals surface area contributed by atoms with Crippen LogP contribution < -0.4 is 0 Å². The standard InChI is InChI=1S/C35H56N2O7/c1-35-11-10-30-29-7-6-28(38)24-27(29)23-26(34(30)31(35)8-9-32(35)39)5-3-2-4-12-36-13-15-37(16-14-36)17-18-42-19-20-43-21-22-44-25-33(40)41/h6-7,24,26,30-32,34,38-39H,2-5,8-23,25H2,1H3,(H,40,41)/t26-,30-,31+,32+,34-,35+/m1/s1. The lowest BCUT2D eigenvalue weighted by atomic mass is 9.52. The van der Waals surface area contributed by atoms with Gasteiger partial charge in [-0.1, -0.05) is 25.8 Å². The first-order chi connectivity index (χ1) is 21.3. The Balaban J connectivity index is 0.960. The number of carboxylic acids is 1. The minimum absolute atomic E-state index is 0.0812. The molecule has 3 fully saturated rings. The number of ether oxygens (including phenoxy) is 3. The van der Waals surface area contributed by atoms with Crippen molar-refractivity contribution in [2.45, 2.75) is 76.7 Å². The third-order valence-electron chi connectivity index (χ3n) is 11.4. The van der Waals surface area contributed by atoms with Gasteiger partial charge in [0.1, 0.15) is 12.4 Å². The van der Waals surface area contributed by atoms with Crippen LogP contribution in [0.1, 0.15) is 75.3 Å². The van der Waals surface area contributed by atoms with Gasteiger partial charge >= 0.3 is 5.97 Å². The SMILES string of the molecule is C[C@]12CC[C@@H]3c4ccc(O)cc4C[C@@H](CCCCCN4CCN(CCOCCOCCOCC(=O)O)CC4)[C@H]3[C@@H]1CC[C@@H]2O. The number of aliphatic hydroxyl groups excluding tert-OH is 1. The molecule has 5 rings (SSSR count). The highest BCUT2D eigenvalue weighted by atomic mass is 16.5. The number of aromatic hydroxyl groups is 1. The molecule has 1 aliphatic heterocycles. The third-order valence-corrected chi connectivity index (χ3v) is 11.4. The number of fused-ring (bicyclic) bond motifs is 5. The van der Waals surface area contributed by atoms with Crippen molar-refractivity contribution in [3.8, 4) is 5.75 Å². The molecule has 0 spiro atoms. The molecule has 3 N–H and O–H groups in total. The quantitative estimate of drug-likeness (QED) is 0.222. The molecule has 0 amide bonds. The second-order valence-corrected chi connectivity index (χ2v) is 14.0. The van der Waals surface area contributed by atoms with E-state index >= 15 is 0 Å². The maximum Gasteiger partial charge on any atom is 0.329 e. The number of rotatable bonds is 17. The van der Waals surface area contributed by atoms with Gasteiger partial charge in [0.25, 0.3) is 0 Å². The minimum Gasteiger partial charge on any atom is -0.508 e. The maximum atomic E-state index is 10.9. The summed E-state index contributed by atoms with van der Waals surface area (Å²) in [4.78, 5) is 15.5. The lowest BCUT2D eigenvalue weighted by Crippen LogP contribution is -2.47. The van der Waals surface area contributed by atoms with Gasteiger partial charge in [-0.05, 0) is 104 Å². The molecular formula is C35H56N2O7. The first kappa shape index (κ1) is 33.6. The van der Waals surface area contributed by atoms with E-state index in [1.54, 1.807) is 0 Å². The molecule has 1 saturated heterocycles. The Bertz CT molecular complexity index is 1050. The second-order valence-electron chi connectivity index (χ2n) is 14.0. The zero-order valence-corrected chi connectivity index (χ0v) is 26.8. The number of nitrogens with zero attached hydrogens (tertiary/aromatic N) is 2. The van der Waals surface area contributed by atoms with E-state index in [1.807, 2.05) is 12.1 Å². The average molecular weight is 617 g/mol. The number of carbonyl (C=O) groups is 1. The highest BCUT2D eigenvalue weighted by Crippen LogP contribution is 2.62. The summed E-state index contributed by atoms with van der Waals surface area (Å²) in [6.45, 7) is 11.0. The van der Waals surface area contributed by atoms with Crippen LogP contribution >= 0.6 is 0 Å². The van der Waals surface area contributed by atoms with E-state index in [-0.39, 0.29) is 24.7 Å². The van der Waals surface area contributed by atoms with Gasteiger partial charge in [-0.3, -0.25) is 4.90 Å². The van der Waals surface area contributed by atoms with E-state index in [4.69, 9.17) is 19.3 Å². The smallest absolute Gasteiger partial charge is 0.329 e. The van der Waals surface area contributed by atoms with Crippen molar-refractivity contribution in [1.82, 2.24) is 9.80 Å². The van der Waals surface area contributed by atoms with E-state index in [1.165, 1.54) is 56.2 Å². The van der Waals surface area contributed by atoms with Crippen LogP contribution in [-0.4, -0.2) is 116 Å². The molecule has 44 heavy (non-hydrogen) atoms. The molecule has 9 heteroatoms. The van der Waals surface area contributed by atoms with Crippen LogP contribution in [0.2, 0.25) is 0 Å². The summed E-state index contributed by atoms with van der Waals surface area (Å²) in [7, 11) is 0. The summed E-state index contributed by atoms with van der Waals surface area (Å²) in [5.41, 5.74) is 2.93. The number of benzene rings is 1. The molecule has 0 radical (unpaired) electrons. The number of aliphatic carboxylic acids is 1. The predicted octanol–water partition coefficient (Wildman–Crippen LogP) is 4.15. The van der Waals surface area contributed by atoms with Crippen LogP contribution in [0.4, 0.5) is 0 Å². The molecule has 9 nitrogen and oxygen atoms in total. The van der Waals surface area contributed by atoms with Crippen LogP contribution in [0.15, 0.2) is 18.2 Å². The minimum atomic E-state index is -0.967. The molecule has 1 aromatic rings. The fourth-order valence-corrected chi connectivity index (χ4v) is 8.98. The maximum absolute atomic E-state index is 10.9. The number of phenolic OH excluding ortho intramolecular Hbond substituents is 1. The van der Waals surface area contributed by atoms with E-state index in [0.29, 0.717) is 55.8 Å². The Kier molecular flexibility index (Phi) is 12.4. The van der Waals surface area contributed by atoms with E-state index in [2.05, 4.69) is 22.8 Å². The van der Waals surface area contributed by atoms with E-state index in [0.717, 1.165) is 52.0 Å². The van der Waals surface area contributed by atoms with Gasteiger partial charge in [0.05, 0.1) is 39.1 Å². The summed E-state index contributed by atoms with van der Waals surface area (Å²) < 4.78 is 16.0. The topological polar surface area (TPSA) is 112 Å². The van der Waals surface area contributed by atoms with Gasteiger partial charge in [-0.2, -0.15) is 0 Å². The van der Waals surface area contributed by atoms with Gasteiger partial charge in [-0.25, -0.2) is 4.79 Å². The van der Waals surface area contributed by atoms with Crippen LogP contribution in [-0.2, 0) is 25.4 Å². The van der Waals surface area contributed by atoms with Crippen molar-refractivity contribution in [3.05, 3.63) is 29.3 Å². The Morgan fingerprint density at radius 1 is 0.909 bits per heavy atom. The van der Waals surface area contributed by atoms with Crippen molar-refractivity contribution >= 4 is 5.97 Å². The predicted molar refractivity (Wildman–Crippen MR) is 169 cm³/mol. The number of phenols is 1. The molecular weight excluding hydrogens is 560 g/mol. The largest absolute Gasteiger partial charge is 0.508 e. The number of piperazine rings is 1. The molecule has 1 heterocycles. The Hall–Kier alpha value is -1.75. The lowest BCUT2D eigenvalue weighted by molar-refractivity contribution is -0.142. The lowest BCUT2D eigenvalue weighted by Gasteiger charge is -2.53. The van der Waals surface area contributed by atoms with Crippen molar-refractivity contribution in [1.29, 1.82) is 0 Å². The van der Waals surface area contributed by atoms with E-state index in [9.17, 15) is 15.0 Å². The first-order valence-corrected chi connectivity index (χ1v) is 17.2. The third kappa shape index (κ3) is 8.53. The van der Waals surface area contributed by atoms with Gasteiger partial charge in [-0.15, -0.1) is 0 Å². The molecule has 0 unspecified atom stereocenters. The van der Waals surface area contributed by atoms with Crippen LogP contribution in [0.3, 0.4) is 0 Å². The van der Waals surface area contributed by atoms with Crippen LogP contribution in [0, 0.1) is 23.2 Å². The van der Waals surface area contributed by atoms with Crippen molar-refractivity contribution < 1.29 is 34.3 Å². The van der Waals surface area contributed by atoms with Gasteiger partial charge < -0.3 is 34.4 Å². The molecule has 248 valence electrons. The second kappa shape index (κ2) is 16.2. The van der Waals surface area contributed by atoms with Crippen molar-refractivity contribution in [2.75, 3.05) is 78.9 Å². The molecule has 0 bridgehead atoms. The summed E-state index contributed by atoms with van der Waals surface area (Å²) in [6, 6.07) is 6.11. The van der Waals surface area contributed by atoms with Crippen molar-refractivity contribution in [2.24, 2.45) is 23.2 Å². The number of unbranched alkanes of at least 4 members (excludes halogenated alkanes) is 2. The molecule has 1 aromatic carbocycles. The molecule has 6 atom stereocenters. The molecule has 4 aliphatic rings. The highest BCUT2D eigenvalue weighted by Gasteiger charge is 2.56. The summed E-state index contributed by atoms with van der Waals surface area (Å²) in [6.07, 6.45) is 10.4. The number of hydrogen-bond donors (Lipinski definition) is 3. The Labute approximate surface area is 263 Å². The van der Waals surface area contributed by atoms with Gasteiger partial charge in [0.2, 0.25) is 0 Å². The highest BCUT2D eigenvalue weighted by molar-refractivity contribution is 5.67. The first-order valence-electron chi connectivity index (χ1n) is 17.2. The Morgan fingerprint density at radius 2 is 1.61 bits per heavy atom. The van der Waals surface area contributed by atoms with Crippen LogP contribution in [0.25, 0.3) is 0 Å². The summed E-state index contributed by atoms with van der Waals surface area (Å²) >= 11 is 0. The monoisotopic (exact) mass is 616 g/mol. The van der Waals surface area contributed by atoms with Gasteiger partial charge in [0, 0.05) is 32.7 Å². The number of hydrogen-bond acceptors (Lipinski definition) is 8. The zero-order valence-electron chi connectivity index (χ0n) is 26.8. The molecule has 3 aliphatic carbocycles. The van der Waals surface area contributed by atoms with E-state index < -0.39 is 5.97 Å². The van der Waals surface area contributed by atoms with Gasteiger partial charge in [0.15, 0.2) is 0 Å². The number of aliphatic hydroxyl groups is 1. The Morgan fingerprint density at radius 3 is 2.36 bits per heavy atom. The molecule has 2 saturated carbocycles.